The van der Waals surface area contributed by atoms with Crippen LogP contribution in [0, 0.1) is 40.4 Å². The van der Waals surface area contributed by atoms with Gasteiger partial charge in [-0.15, -0.1) is 0 Å². The van der Waals surface area contributed by atoms with Crippen molar-refractivity contribution in [2.24, 2.45) is 5.73 Å². The number of nitrogens with zero attached hydrogens (tertiary/aromatic N) is 2. The highest BCUT2D eigenvalue weighted by molar-refractivity contribution is 5.77. The predicted octanol–water partition coefficient (Wildman–Crippen LogP) is 3.62. The molecule has 1 heterocycles. The number of carbonyl (C=O) groups excluding carboxylic acids is 1. The van der Waals surface area contributed by atoms with Gasteiger partial charge < -0.3 is 16.0 Å². The topological polar surface area (TPSA) is 82.2 Å². The molecule has 2 aromatic carbocycles. The minimum atomic E-state index is -1.30. The number of nitriles is 1. The summed E-state index contributed by atoms with van der Waals surface area (Å²) in [6.07, 6.45) is 0.711. The van der Waals surface area contributed by atoms with Crippen molar-refractivity contribution in [2.75, 3.05) is 18.4 Å². The third kappa shape index (κ3) is 5.53. The Morgan fingerprint density at radius 1 is 1.06 bits per heavy atom. The zero-order valence-corrected chi connectivity index (χ0v) is 17.0. The Kier molecular flexibility index (Phi) is 7.30. The summed E-state index contributed by atoms with van der Waals surface area (Å²) in [4.78, 5) is 14.1. The lowest BCUT2D eigenvalue weighted by Gasteiger charge is -2.33. The molecule has 32 heavy (non-hydrogen) atoms. The Hall–Kier alpha value is -3.19. The molecular formula is C22H21F5N4O. The van der Waals surface area contributed by atoms with Gasteiger partial charge in [0.05, 0.1) is 5.69 Å². The lowest BCUT2D eigenvalue weighted by Crippen LogP contribution is -2.44. The van der Waals surface area contributed by atoms with Crippen LogP contribution in [0.25, 0.3) is 0 Å². The first kappa shape index (κ1) is 23.5. The lowest BCUT2D eigenvalue weighted by molar-refractivity contribution is -0.132. The first-order valence-corrected chi connectivity index (χ1v) is 10.0. The second-order valence-electron chi connectivity index (χ2n) is 7.75. The number of nitrogens with one attached hydrogen (secondary N) is 1. The molecule has 5 nitrogen and oxygen atoms in total. The van der Waals surface area contributed by atoms with Crippen LogP contribution in [0.5, 0.6) is 0 Å². The third-order valence-electron chi connectivity index (χ3n) is 5.38. The molecule has 3 rings (SSSR count). The van der Waals surface area contributed by atoms with E-state index >= 15 is 0 Å². The fraction of sp³-hybridized carbons (Fsp3) is 0.364. The SMILES string of the molecule is N#Cc1c(F)cc(F)cc1NC1CCN(C(=O)C[C@H](N)Cc2cc(F)c(F)cc2F)CC1. The van der Waals surface area contributed by atoms with E-state index in [4.69, 9.17) is 11.0 Å². The first-order valence-electron chi connectivity index (χ1n) is 10.0. The summed E-state index contributed by atoms with van der Waals surface area (Å²) in [5.74, 6) is -5.43. The molecule has 10 heteroatoms. The largest absolute Gasteiger partial charge is 0.381 e. The molecular weight excluding hydrogens is 431 g/mol. The quantitative estimate of drug-likeness (QED) is 0.518. The molecule has 0 aromatic heterocycles. The summed E-state index contributed by atoms with van der Waals surface area (Å²) in [5.41, 5.74) is 5.59. The highest BCUT2D eigenvalue weighted by Gasteiger charge is 2.25. The number of nitrogens with two attached hydrogens (primary N) is 1. The third-order valence-corrected chi connectivity index (χ3v) is 5.38. The average molecular weight is 452 g/mol. The number of hydrogen-bond donors (Lipinski definition) is 2. The summed E-state index contributed by atoms with van der Waals surface area (Å²) in [6, 6.07) is 3.59. The van der Waals surface area contributed by atoms with Crippen LogP contribution in [-0.2, 0) is 11.2 Å². The van der Waals surface area contributed by atoms with E-state index in [0.29, 0.717) is 38.1 Å². The highest BCUT2D eigenvalue weighted by Crippen LogP contribution is 2.24. The van der Waals surface area contributed by atoms with Crippen LogP contribution in [0.4, 0.5) is 27.6 Å². The number of amides is 1. The monoisotopic (exact) mass is 452 g/mol. The maximum atomic E-state index is 13.8. The Morgan fingerprint density at radius 2 is 1.72 bits per heavy atom. The van der Waals surface area contributed by atoms with Gasteiger partial charge in [-0.2, -0.15) is 5.26 Å². The Labute approximate surface area is 181 Å². The fourth-order valence-electron chi connectivity index (χ4n) is 3.72. The molecule has 170 valence electrons. The van der Waals surface area contributed by atoms with Crippen molar-refractivity contribution in [2.45, 2.75) is 37.8 Å². The number of halogens is 5. The van der Waals surface area contributed by atoms with Crippen molar-refractivity contribution >= 4 is 11.6 Å². The molecule has 1 saturated heterocycles. The van der Waals surface area contributed by atoms with Crippen LogP contribution in [0.1, 0.15) is 30.4 Å². The van der Waals surface area contributed by atoms with Gasteiger partial charge in [0, 0.05) is 43.7 Å². The molecule has 2 aromatic rings. The second kappa shape index (κ2) is 9.96. The summed E-state index contributed by atoms with van der Waals surface area (Å²) in [5, 5.41) is 12.0. The van der Waals surface area contributed by atoms with Gasteiger partial charge in [-0.05, 0) is 37.0 Å². The van der Waals surface area contributed by atoms with Crippen LogP contribution >= 0.6 is 0 Å². The van der Waals surface area contributed by atoms with Crippen LogP contribution < -0.4 is 11.1 Å². The van der Waals surface area contributed by atoms with E-state index in [2.05, 4.69) is 5.32 Å². The normalized spacial score (nSPS) is 15.3. The lowest BCUT2D eigenvalue weighted by atomic mass is 10.0. The number of hydrogen-bond acceptors (Lipinski definition) is 4. The molecule has 1 amide bonds. The standard InChI is InChI=1S/C22H21F5N4O/c23-13-7-18(25)16(11-28)21(8-13)30-15-1-3-31(4-2-15)22(32)9-14(29)5-12-6-19(26)20(27)10-17(12)24/h6-8,10,14-15,30H,1-5,9,29H2/t14-/m1/s1. The van der Waals surface area contributed by atoms with Crippen molar-refractivity contribution in [1.29, 1.82) is 5.26 Å². The van der Waals surface area contributed by atoms with Crippen LogP contribution in [-0.4, -0.2) is 36.0 Å². The van der Waals surface area contributed by atoms with Crippen LogP contribution in [0.15, 0.2) is 24.3 Å². The summed E-state index contributed by atoms with van der Waals surface area (Å²) in [7, 11) is 0. The average Bonchev–Trinajstić information content (AvgIpc) is 2.72. The highest BCUT2D eigenvalue weighted by atomic mass is 19.2. The molecule has 0 bridgehead atoms. The van der Waals surface area contributed by atoms with Crippen molar-refractivity contribution in [1.82, 2.24) is 4.90 Å². The van der Waals surface area contributed by atoms with Gasteiger partial charge in [-0.25, -0.2) is 22.0 Å². The molecule has 1 atom stereocenters. The first-order chi connectivity index (χ1) is 15.2. The number of carbonyl (C=O) groups is 1. The van der Waals surface area contributed by atoms with Crippen molar-refractivity contribution < 1.29 is 26.7 Å². The van der Waals surface area contributed by atoms with Crippen LogP contribution in [0.2, 0.25) is 0 Å². The minimum Gasteiger partial charge on any atom is -0.381 e. The van der Waals surface area contributed by atoms with Crippen molar-refractivity contribution in [3.8, 4) is 6.07 Å². The van der Waals surface area contributed by atoms with E-state index in [1.54, 1.807) is 11.0 Å². The van der Waals surface area contributed by atoms with E-state index in [1.807, 2.05) is 0 Å². The number of likely N-dealkylation sites (tertiary alicyclic amines) is 1. The van der Waals surface area contributed by atoms with Gasteiger partial charge in [0.25, 0.3) is 0 Å². The van der Waals surface area contributed by atoms with Gasteiger partial charge in [-0.1, -0.05) is 0 Å². The molecule has 1 aliphatic heterocycles. The Bertz CT molecular complexity index is 1050. The molecule has 0 aliphatic carbocycles. The number of anilines is 1. The summed E-state index contributed by atoms with van der Waals surface area (Å²) >= 11 is 0. The Balaban J connectivity index is 1.53. The maximum Gasteiger partial charge on any atom is 0.224 e. The minimum absolute atomic E-state index is 0.0605. The zero-order valence-electron chi connectivity index (χ0n) is 17.0. The molecule has 0 unspecified atom stereocenters. The summed E-state index contributed by atoms with van der Waals surface area (Å²) < 4.78 is 67.4. The molecule has 0 spiro atoms. The van der Waals surface area contributed by atoms with Gasteiger partial charge in [0.1, 0.15) is 29.1 Å². The van der Waals surface area contributed by atoms with Crippen molar-refractivity contribution in [3.63, 3.8) is 0 Å². The van der Waals surface area contributed by atoms with Crippen molar-refractivity contribution in [3.05, 3.63) is 64.5 Å². The van der Waals surface area contributed by atoms with Gasteiger partial charge in [0.15, 0.2) is 11.6 Å². The molecule has 3 N–H and O–H groups in total. The second-order valence-corrected chi connectivity index (χ2v) is 7.75. The number of rotatable bonds is 6. The van der Waals surface area contributed by atoms with Crippen LogP contribution in [0.3, 0.4) is 0 Å². The molecule has 1 aliphatic rings. The van der Waals surface area contributed by atoms with E-state index < -0.39 is 35.1 Å². The van der Waals surface area contributed by atoms with E-state index in [9.17, 15) is 26.7 Å². The predicted molar refractivity (Wildman–Crippen MR) is 107 cm³/mol. The van der Waals surface area contributed by atoms with E-state index in [1.165, 1.54) is 0 Å². The summed E-state index contributed by atoms with van der Waals surface area (Å²) in [6.45, 7) is 0.699. The number of benzene rings is 2. The van der Waals surface area contributed by atoms with E-state index in [-0.39, 0.29) is 41.6 Å². The number of piperidine rings is 1. The zero-order chi connectivity index (χ0) is 23.4. The fourth-order valence-corrected chi connectivity index (χ4v) is 3.72. The Morgan fingerprint density at radius 3 is 2.38 bits per heavy atom. The smallest absolute Gasteiger partial charge is 0.224 e. The molecule has 1 fully saturated rings. The van der Waals surface area contributed by atoms with E-state index in [0.717, 1.165) is 12.1 Å². The molecule has 0 radical (unpaired) electrons. The maximum absolute atomic E-state index is 13.8. The van der Waals surface area contributed by atoms with Gasteiger partial charge >= 0.3 is 0 Å². The van der Waals surface area contributed by atoms with Gasteiger partial charge in [-0.3, -0.25) is 4.79 Å². The molecule has 0 saturated carbocycles. The van der Waals surface area contributed by atoms with Gasteiger partial charge in [0.2, 0.25) is 5.91 Å².